The molecule has 0 unspecified atom stereocenters. The molecule has 3 saturated carbocycles. The van der Waals surface area contributed by atoms with Gasteiger partial charge in [0.05, 0.1) is 5.75 Å². The zero-order valence-corrected chi connectivity index (χ0v) is 28.1. The number of fused-ring (bicyclic) bond motifs is 5. The van der Waals surface area contributed by atoms with Gasteiger partial charge in [-0.25, -0.2) is 13.2 Å². The van der Waals surface area contributed by atoms with Crippen LogP contribution in [0.25, 0.3) is 0 Å². The number of carbonyl (C=O) groups excluding carboxylic acids is 1. The van der Waals surface area contributed by atoms with Crippen molar-refractivity contribution in [3.8, 4) is 0 Å². The Kier molecular flexibility index (Phi) is 11.1. The van der Waals surface area contributed by atoms with Gasteiger partial charge in [-0.15, -0.1) is 0 Å². The zero-order chi connectivity index (χ0) is 29.8. The lowest BCUT2D eigenvalue weighted by atomic mass is 9.47. The van der Waals surface area contributed by atoms with E-state index in [1.807, 2.05) is 0 Å². The first-order chi connectivity index (χ1) is 19.4. The summed E-state index contributed by atoms with van der Waals surface area (Å²) in [5.74, 6) is 6.25. The number of carbonyl (C=O) groups is 1. The van der Waals surface area contributed by atoms with Crippen molar-refractivity contribution in [1.29, 1.82) is 0 Å². The normalized spacial score (nSPS) is 35.6. The maximum Gasteiger partial charge on any atom is 0.407 e. The smallest absolute Gasteiger partial charge is 0.407 e. The number of rotatable bonds is 13. The second-order valence-corrected chi connectivity index (χ2v) is 17.9. The highest BCUT2D eigenvalue weighted by atomic mass is 32.2. The van der Waals surface area contributed by atoms with Gasteiger partial charge in [-0.2, -0.15) is 11.8 Å². The maximum atomic E-state index is 12.5. The molecule has 7 heteroatoms. The van der Waals surface area contributed by atoms with E-state index in [4.69, 9.17) is 4.74 Å². The molecule has 0 aromatic carbocycles. The van der Waals surface area contributed by atoms with Crippen LogP contribution in [0, 0.1) is 46.3 Å². The van der Waals surface area contributed by atoms with E-state index in [2.05, 4.69) is 52.6 Å². The van der Waals surface area contributed by atoms with Crippen molar-refractivity contribution < 1.29 is 17.9 Å². The molecular formula is C34H57NO4S2. The molecule has 0 heterocycles. The molecular weight excluding hydrogens is 551 g/mol. The van der Waals surface area contributed by atoms with Gasteiger partial charge in [-0.3, -0.25) is 0 Å². The van der Waals surface area contributed by atoms with E-state index >= 15 is 0 Å². The first kappa shape index (κ1) is 33.0. The minimum Gasteiger partial charge on any atom is -0.446 e. The van der Waals surface area contributed by atoms with E-state index in [0.29, 0.717) is 23.5 Å². The third-order valence-electron chi connectivity index (χ3n) is 11.8. The molecule has 234 valence electrons. The van der Waals surface area contributed by atoms with Crippen LogP contribution < -0.4 is 5.32 Å². The van der Waals surface area contributed by atoms with Crippen molar-refractivity contribution in [3.05, 3.63) is 23.6 Å². The van der Waals surface area contributed by atoms with E-state index in [1.165, 1.54) is 63.1 Å². The van der Waals surface area contributed by atoms with Gasteiger partial charge in [0.2, 0.25) is 0 Å². The number of nitrogens with one attached hydrogen (secondary N) is 1. The minimum atomic E-state index is -3.16. The highest BCUT2D eigenvalue weighted by Crippen LogP contribution is 2.67. The lowest BCUT2D eigenvalue weighted by Gasteiger charge is -2.58. The lowest BCUT2D eigenvalue weighted by Crippen LogP contribution is -2.51. The molecule has 1 N–H and O–H groups in total. The van der Waals surface area contributed by atoms with Crippen LogP contribution in [-0.4, -0.2) is 44.4 Å². The maximum absolute atomic E-state index is 12.5. The minimum absolute atomic E-state index is 0.0485. The number of ether oxygens (including phenoxy) is 1. The predicted octanol–water partition coefficient (Wildman–Crippen LogP) is 8.41. The van der Waals surface area contributed by atoms with E-state index in [9.17, 15) is 13.2 Å². The Morgan fingerprint density at radius 3 is 2.63 bits per heavy atom. The van der Waals surface area contributed by atoms with Crippen LogP contribution in [0.4, 0.5) is 4.79 Å². The Hall–Kier alpha value is -0.950. The summed E-state index contributed by atoms with van der Waals surface area (Å²) in [6, 6.07) is 0. The molecule has 0 saturated heterocycles. The average Bonchev–Trinajstić information content (AvgIpc) is 3.28. The van der Waals surface area contributed by atoms with Gasteiger partial charge in [0.25, 0.3) is 0 Å². The monoisotopic (exact) mass is 607 g/mol. The van der Waals surface area contributed by atoms with Crippen LogP contribution in [0.5, 0.6) is 0 Å². The Morgan fingerprint density at radius 1 is 1.12 bits per heavy atom. The van der Waals surface area contributed by atoms with Crippen LogP contribution >= 0.6 is 11.8 Å². The van der Waals surface area contributed by atoms with Gasteiger partial charge in [0, 0.05) is 29.9 Å². The highest BCUT2D eigenvalue weighted by molar-refractivity contribution is 8.01. The first-order valence-electron chi connectivity index (χ1n) is 16.5. The van der Waals surface area contributed by atoms with Crippen molar-refractivity contribution in [2.24, 2.45) is 46.3 Å². The van der Waals surface area contributed by atoms with Crippen molar-refractivity contribution in [1.82, 2.24) is 5.32 Å². The van der Waals surface area contributed by atoms with E-state index in [-0.39, 0.29) is 23.4 Å². The van der Waals surface area contributed by atoms with E-state index in [1.54, 1.807) is 5.57 Å². The molecule has 4 rings (SSSR count). The number of alkyl carbamates (subject to hydrolysis) is 1. The molecule has 4 aliphatic rings. The largest absolute Gasteiger partial charge is 0.446 e. The quantitative estimate of drug-likeness (QED) is 0.168. The Morgan fingerprint density at radius 2 is 1.90 bits per heavy atom. The third-order valence-corrected chi connectivity index (χ3v) is 14.3. The average molecular weight is 608 g/mol. The number of hydrogen-bond acceptors (Lipinski definition) is 5. The standard InChI is InChI=1S/C34H57NO4S2/c1-7-41(37,38)22-21-40-20-19-35-32(36)39-27-15-17-33(5)26(23-27)11-12-28-30-14-13-29(25(4)10-8-9-24(2)3)34(30,6)18-16-31(28)33/h7,11,24-25,27-31H,1,8-10,12-23H2,2-6H3,(H,35,36)/t25-,27+,28+,29-,30+,31+,33+,34-/m1/s1. The molecule has 0 spiro atoms. The summed E-state index contributed by atoms with van der Waals surface area (Å²) < 4.78 is 28.8. The summed E-state index contributed by atoms with van der Waals surface area (Å²) in [5, 5.41) is 3.86. The van der Waals surface area contributed by atoms with Gasteiger partial charge in [0.15, 0.2) is 9.84 Å². The van der Waals surface area contributed by atoms with Crippen LogP contribution in [0.1, 0.15) is 105 Å². The molecule has 8 atom stereocenters. The molecule has 0 aliphatic heterocycles. The second-order valence-electron chi connectivity index (χ2n) is 14.6. The number of amides is 1. The zero-order valence-electron chi connectivity index (χ0n) is 26.5. The predicted molar refractivity (Wildman–Crippen MR) is 173 cm³/mol. The number of sulfone groups is 1. The van der Waals surface area contributed by atoms with Crippen LogP contribution in [0.15, 0.2) is 23.6 Å². The number of thioether (sulfide) groups is 1. The van der Waals surface area contributed by atoms with Gasteiger partial charge < -0.3 is 10.1 Å². The van der Waals surface area contributed by atoms with Crippen LogP contribution in [0.3, 0.4) is 0 Å². The summed E-state index contributed by atoms with van der Waals surface area (Å²) in [4.78, 5) is 12.5. The SMILES string of the molecule is C=CS(=O)(=O)CCSCCNC(=O)O[C@H]1CC[C@@]2(C)C(=CC[C@H]3[C@@H]4CC[C@H]([C@H](C)CCCC(C)C)[C@@]4(C)CC[C@@H]32)C1. The Labute approximate surface area is 255 Å². The van der Waals surface area contributed by atoms with Crippen molar-refractivity contribution >= 4 is 27.7 Å². The van der Waals surface area contributed by atoms with Crippen LogP contribution in [0.2, 0.25) is 0 Å². The van der Waals surface area contributed by atoms with Crippen molar-refractivity contribution in [2.45, 2.75) is 111 Å². The summed E-state index contributed by atoms with van der Waals surface area (Å²) in [6.07, 6.45) is 16.1. The summed E-state index contributed by atoms with van der Waals surface area (Å²) in [5.41, 5.74) is 2.31. The summed E-state index contributed by atoms with van der Waals surface area (Å²) in [7, 11) is -3.16. The molecule has 1 amide bonds. The fraction of sp³-hybridized carbons (Fsp3) is 0.853. The van der Waals surface area contributed by atoms with Crippen molar-refractivity contribution in [2.75, 3.05) is 23.8 Å². The van der Waals surface area contributed by atoms with Crippen molar-refractivity contribution in [3.63, 3.8) is 0 Å². The van der Waals surface area contributed by atoms with E-state index in [0.717, 1.165) is 60.2 Å². The molecule has 0 radical (unpaired) electrons. The summed E-state index contributed by atoms with van der Waals surface area (Å²) in [6.45, 7) is 16.3. The third kappa shape index (κ3) is 7.59. The Bertz CT molecular complexity index is 1050. The summed E-state index contributed by atoms with van der Waals surface area (Å²) >= 11 is 1.51. The topological polar surface area (TPSA) is 72.5 Å². The van der Waals surface area contributed by atoms with Gasteiger partial charge >= 0.3 is 6.09 Å². The highest BCUT2D eigenvalue weighted by Gasteiger charge is 2.59. The van der Waals surface area contributed by atoms with Gasteiger partial charge in [-0.1, -0.05) is 72.1 Å². The first-order valence-corrected chi connectivity index (χ1v) is 19.3. The second kappa shape index (κ2) is 13.8. The molecule has 0 bridgehead atoms. The fourth-order valence-corrected chi connectivity index (χ4v) is 11.5. The van der Waals surface area contributed by atoms with Gasteiger partial charge in [0.1, 0.15) is 6.10 Å². The van der Waals surface area contributed by atoms with E-state index < -0.39 is 9.84 Å². The molecule has 0 aromatic rings. The number of allylic oxidation sites excluding steroid dienone is 1. The van der Waals surface area contributed by atoms with Gasteiger partial charge in [-0.05, 0) is 91.3 Å². The fourth-order valence-electron chi connectivity index (χ4n) is 9.53. The molecule has 0 aromatic heterocycles. The molecule has 3 fully saturated rings. The van der Waals surface area contributed by atoms with Crippen LogP contribution in [-0.2, 0) is 14.6 Å². The lowest BCUT2D eigenvalue weighted by molar-refractivity contribution is -0.0581. The Balaban J connectivity index is 1.27. The molecule has 5 nitrogen and oxygen atoms in total. The molecule has 4 aliphatic carbocycles. The molecule has 41 heavy (non-hydrogen) atoms. The number of hydrogen-bond donors (Lipinski definition) is 1.